The molecule has 1 amide bonds. The summed E-state index contributed by atoms with van der Waals surface area (Å²) in [6.45, 7) is 1.99. The third kappa shape index (κ3) is 1.88. The smallest absolute Gasteiger partial charge is 0.239 e. The summed E-state index contributed by atoms with van der Waals surface area (Å²) in [6.07, 6.45) is 0. The lowest BCUT2D eigenvalue weighted by molar-refractivity contribution is -0.113. The summed E-state index contributed by atoms with van der Waals surface area (Å²) in [6, 6.07) is 5.60. The molecule has 5 heteroatoms. The number of carbonyl (C=O) groups excluding carboxylic acids is 1. The lowest BCUT2D eigenvalue weighted by Gasteiger charge is -2.02. The van der Waals surface area contributed by atoms with E-state index in [9.17, 15) is 4.79 Å². The van der Waals surface area contributed by atoms with Gasteiger partial charge in [0.15, 0.2) is 0 Å². The molecule has 0 radical (unpaired) electrons. The molecule has 2 rings (SSSR count). The number of carbonyl (C=O) groups is 1. The minimum Gasteiger partial charge on any atom is -0.325 e. The van der Waals surface area contributed by atoms with Gasteiger partial charge in [-0.2, -0.15) is 5.10 Å². The Bertz CT molecular complexity index is 547. The summed E-state index contributed by atoms with van der Waals surface area (Å²) in [7, 11) is 1.90. The van der Waals surface area contributed by atoms with Gasteiger partial charge in [-0.15, -0.1) is 11.6 Å². The van der Waals surface area contributed by atoms with Gasteiger partial charge in [0.1, 0.15) is 5.88 Å². The number of halogens is 1. The Morgan fingerprint density at radius 3 is 3.00 bits per heavy atom. The van der Waals surface area contributed by atoms with Crippen LogP contribution in [0.5, 0.6) is 0 Å². The highest BCUT2D eigenvalue weighted by molar-refractivity contribution is 6.29. The molecule has 0 aliphatic heterocycles. The minimum absolute atomic E-state index is 0.0376. The van der Waals surface area contributed by atoms with Crippen LogP contribution in [0.2, 0.25) is 0 Å². The van der Waals surface area contributed by atoms with Crippen molar-refractivity contribution in [2.45, 2.75) is 6.92 Å². The lowest BCUT2D eigenvalue weighted by Crippen LogP contribution is -2.12. The van der Waals surface area contributed by atoms with Gasteiger partial charge in [-0.3, -0.25) is 9.48 Å². The van der Waals surface area contributed by atoms with Gasteiger partial charge < -0.3 is 5.32 Å². The second-order valence-electron chi connectivity index (χ2n) is 3.62. The molecular weight excluding hydrogens is 226 g/mol. The number of benzene rings is 1. The molecule has 2 aromatic rings. The average Bonchev–Trinajstić information content (AvgIpc) is 2.55. The van der Waals surface area contributed by atoms with Gasteiger partial charge in [0.05, 0.1) is 5.52 Å². The normalized spacial score (nSPS) is 10.7. The van der Waals surface area contributed by atoms with Crippen LogP contribution in [0.4, 0.5) is 5.69 Å². The number of anilines is 1. The Balaban J connectivity index is 2.43. The summed E-state index contributed by atoms with van der Waals surface area (Å²) in [5.74, 6) is -0.244. The van der Waals surface area contributed by atoms with Crippen molar-refractivity contribution in [2.24, 2.45) is 7.05 Å². The fraction of sp³-hybridized carbons (Fsp3) is 0.273. The minimum atomic E-state index is -0.206. The Morgan fingerprint density at radius 2 is 2.31 bits per heavy atom. The highest BCUT2D eigenvalue weighted by Crippen LogP contribution is 2.21. The van der Waals surface area contributed by atoms with Crippen LogP contribution in [0.15, 0.2) is 18.2 Å². The van der Waals surface area contributed by atoms with Crippen molar-refractivity contribution >= 4 is 34.1 Å². The van der Waals surface area contributed by atoms with E-state index in [0.717, 1.165) is 22.3 Å². The topological polar surface area (TPSA) is 46.9 Å². The summed E-state index contributed by atoms with van der Waals surface area (Å²) >= 11 is 5.43. The van der Waals surface area contributed by atoms with Crippen LogP contribution in [-0.2, 0) is 11.8 Å². The van der Waals surface area contributed by atoms with Gasteiger partial charge >= 0.3 is 0 Å². The molecule has 0 aliphatic rings. The zero-order valence-corrected chi connectivity index (χ0v) is 9.88. The highest BCUT2D eigenvalue weighted by Gasteiger charge is 2.06. The van der Waals surface area contributed by atoms with Crippen LogP contribution in [-0.4, -0.2) is 21.6 Å². The highest BCUT2D eigenvalue weighted by atomic mass is 35.5. The Morgan fingerprint density at radius 1 is 1.56 bits per heavy atom. The van der Waals surface area contributed by atoms with Crippen LogP contribution < -0.4 is 5.32 Å². The lowest BCUT2D eigenvalue weighted by atomic mass is 10.2. The second-order valence-corrected chi connectivity index (χ2v) is 3.89. The molecule has 0 aliphatic carbocycles. The van der Waals surface area contributed by atoms with Gasteiger partial charge in [0.2, 0.25) is 5.91 Å². The molecule has 0 unspecified atom stereocenters. The summed E-state index contributed by atoms with van der Waals surface area (Å²) < 4.78 is 1.82. The SMILES string of the molecule is Cc1c2cc(NC(=O)CCl)ccc2nn1C. The largest absolute Gasteiger partial charge is 0.325 e. The number of nitrogens with zero attached hydrogens (tertiary/aromatic N) is 2. The molecule has 1 aromatic heterocycles. The molecule has 1 heterocycles. The Hall–Kier alpha value is -1.55. The van der Waals surface area contributed by atoms with E-state index in [-0.39, 0.29) is 11.8 Å². The molecule has 16 heavy (non-hydrogen) atoms. The van der Waals surface area contributed by atoms with Crippen molar-refractivity contribution < 1.29 is 4.79 Å². The van der Waals surface area contributed by atoms with Gasteiger partial charge in [0.25, 0.3) is 0 Å². The molecule has 84 valence electrons. The van der Waals surface area contributed by atoms with E-state index in [2.05, 4.69) is 10.4 Å². The van der Waals surface area contributed by atoms with E-state index < -0.39 is 0 Å². The van der Waals surface area contributed by atoms with E-state index in [1.54, 1.807) is 0 Å². The zero-order chi connectivity index (χ0) is 11.7. The summed E-state index contributed by atoms with van der Waals surface area (Å²) in [5, 5.41) is 8.08. The monoisotopic (exact) mass is 237 g/mol. The maximum absolute atomic E-state index is 11.1. The summed E-state index contributed by atoms with van der Waals surface area (Å²) in [5.41, 5.74) is 2.73. The van der Waals surface area contributed by atoms with Crippen LogP contribution in [0, 0.1) is 6.92 Å². The molecular formula is C11H12ClN3O. The predicted octanol–water partition coefficient (Wildman–Crippen LogP) is 2.06. The third-order valence-electron chi connectivity index (χ3n) is 2.53. The van der Waals surface area contributed by atoms with E-state index in [1.807, 2.05) is 36.9 Å². The Kier molecular flexibility index (Phi) is 2.83. The first-order valence-electron chi connectivity index (χ1n) is 4.91. The van der Waals surface area contributed by atoms with Crippen molar-refractivity contribution in [3.63, 3.8) is 0 Å². The molecule has 0 fully saturated rings. The number of amides is 1. The number of rotatable bonds is 2. The molecule has 0 saturated carbocycles. The third-order valence-corrected chi connectivity index (χ3v) is 2.78. The molecule has 1 N–H and O–H groups in total. The van der Waals surface area contributed by atoms with Gasteiger partial charge in [0, 0.05) is 23.8 Å². The van der Waals surface area contributed by atoms with E-state index in [4.69, 9.17) is 11.6 Å². The maximum Gasteiger partial charge on any atom is 0.239 e. The number of hydrogen-bond donors (Lipinski definition) is 1. The van der Waals surface area contributed by atoms with Crippen molar-refractivity contribution in [3.05, 3.63) is 23.9 Å². The first kappa shape index (κ1) is 11.0. The van der Waals surface area contributed by atoms with Gasteiger partial charge in [-0.05, 0) is 25.1 Å². The first-order valence-corrected chi connectivity index (χ1v) is 5.44. The fourth-order valence-corrected chi connectivity index (χ4v) is 1.66. The van der Waals surface area contributed by atoms with Crippen LogP contribution in [0.3, 0.4) is 0 Å². The number of fused-ring (bicyclic) bond motifs is 1. The second kappa shape index (κ2) is 4.14. The number of alkyl halides is 1. The molecule has 0 saturated heterocycles. The first-order chi connectivity index (χ1) is 7.61. The molecule has 1 aromatic carbocycles. The molecule has 0 spiro atoms. The zero-order valence-electron chi connectivity index (χ0n) is 9.12. The van der Waals surface area contributed by atoms with E-state index in [0.29, 0.717) is 0 Å². The molecule has 0 bridgehead atoms. The molecule has 0 atom stereocenters. The van der Waals surface area contributed by atoms with Crippen LogP contribution in [0.1, 0.15) is 5.69 Å². The quantitative estimate of drug-likeness (QED) is 0.813. The number of aryl methyl sites for hydroxylation is 2. The Labute approximate surface area is 98.2 Å². The fourth-order valence-electron chi connectivity index (χ4n) is 1.60. The summed E-state index contributed by atoms with van der Waals surface area (Å²) in [4.78, 5) is 11.1. The average molecular weight is 238 g/mol. The van der Waals surface area contributed by atoms with E-state index >= 15 is 0 Å². The molecule has 4 nitrogen and oxygen atoms in total. The van der Waals surface area contributed by atoms with Gasteiger partial charge in [-0.1, -0.05) is 0 Å². The van der Waals surface area contributed by atoms with Crippen LogP contribution >= 0.6 is 11.6 Å². The van der Waals surface area contributed by atoms with Crippen molar-refractivity contribution in [3.8, 4) is 0 Å². The van der Waals surface area contributed by atoms with Crippen molar-refractivity contribution in [1.82, 2.24) is 9.78 Å². The van der Waals surface area contributed by atoms with Gasteiger partial charge in [-0.25, -0.2) is 0 Å². The van der Waals surface area contributed by atoms with Crippen molar-refractivity contribution in [1.29, 1.82) is 0 Å². The number of aromatic nitrogens is 2. The van der Waals surface area contributed by atoms with Crippen molar-refractivity contribution in [2.75, 3.05) is 11.2 Å². The number of hydrogen-bond acceptors (Lipinski definition) is 2. The van der Waals surface area contributed by atoms with E-state index in [1.165, 1.54) is 0 Å². The van der Waals surface area contributed by atoms with Crippen LogP contribution in [0.25, 0.3) is 10.9 Å². The standard InChI is InChI=1S/C11H12ClN3O/c1-7-9-5-8(13-11(16)6-12)3-4-10(9)14-15(7)2/h3-5H,6H2,1-2H3,(H,13,16). The predicted molar refractivity (Wildman–Crippen MR) is 64.8 cm³/mol. The number of nitrogens with one attached hydrogen (secondary N) is 1. The maximum atomic E-state index is 11.1.